The van der Waals surface area contributed by atoms with Crippen LogP contribution in [0.2, 0.25) is 0 Å². The lowest BCUT2D eigenvalue weighted by molar-refractivity contribution is -0.129. The van der Waals surface area contributed by atoms with E-state index in [-0.39, 0.29) is 11.8 Å². The van der Waals surface area contributed by atoms with Crippen LogP contribution in [0.25, 0.3) is 11.0 Å². The number of likely N-dealkylation sites (tertiary alicyclic amines) is 1. The highest BCUT2D eigenvalue weighted by molar-refractivity contribution is 5.79. The Kier molecular flexibility index (Phi) is 4.68. The molecule has 5 heteroatoms. The molecule has 3 heterocycles. The zero-order valence-corrected chi connectivity index (χ0v) is 16.2. The lowest BCUT2D eigenvalue weighted by Crippen LogP contribution is -2.30. The van der Waals surface area contributed by atoms with Crippen LogP contribution in [0.1, 0.15) is 49.2 Å². The zero-order valence-electron chi connectivity index (χ0n) is 16.2. The van der Waals surface area contributed by atoms with Gasteiger partial charge >= 0.3 is 0 Å². The number of amides is 1. The number of hydrogen-bond donors (Lipinski definition) is 0. The zero-order chi connectivity index (χ0) is 19.0. The second kappa shape index (κ2) is 7.14. The molecule has 1 aliphatic heterocycles. The van der Waals surface area contributed by atoms with Gasteiger partial charge in [0.05, 0.1) is 23.7 Å². The molecule has 1 fully saturated rings. The quantitative estimate of drug-likeness (QED) is 0.708. The molecule has 2 aromatic heterocycles. The van der Waals surface area contributed by atoms with Crippen molar-refractivity contribution in [1.82, 2.24) is 19.4 Å². The number of fused-ring (bicyclic) bond motifs is 1. The summed E-state index contributed by atoms with van der Waals surface area (Å²) in [5.41, 5.74) is 4.35. The first-order valence-corrected chi connectivity index (χ1v) is 9.68. The van der Waals surface area contributed by atoms with Crippen LogP contribution in [0.3, 0.4) is 0 Å². The second-order valence-electron chi connectivity index (χ2n) is 7.73. The summed E-state index contributed by atoms with van der Waals surface area (Å²) < 4.78 is 2.28. The number of hydrogen-bond acceptors (Lipinski definition) is 3. The highest BCUT2D eigenvalue weighted by Gasteiger charge is 2.31. The molecule has 0 aliphatic carbocycles. The van der Waals surface area contributed by atoms with Gasteiger partial charge < -0.3 is 9.47 Å². The molecule has 27 heavy (non-hydrogen) atoms. The number of imidazole rings is 1. The minimum absolute atomic E-state index is 0.209. The summed E-state index contributed by atoms with van der Waals surface area (Å²) in [6.45, 7) is 7.96. The van der Waals surface area contributed by atoms with Crippen molar-refractivity contribution in [2.45, 2.75) is 45.6 Å². The topological polar surface area (TPSA) is 51.0 Å². The minimum Gasteiger partial charge on any atom is -0.342 e. The van der Waals surface area contributed by atoms with Crippen LogP contribution < -0.4 is 0 Å². The van der Waals surface area contributed by atoms with E-state index < -0.39 is 0 Å². The molecule has 4 rings (SSSR count). The van der Waals surface area contributed by atoms with Gasteiger partial charge in [0.2, 0.25) is 5.91 Å². The van der Waals surface area contributed by atoms with Crippen molar-refractivity contribution in [3.63, 3.8) is 0 Å². The average molecular weight is 362 g/mol. The summed E-state index contributed by atoms with van der Waals surface area (Å²) in [6.07, 6.45) is 5.12. The molecule has 1 aromatic carbocycles. The summed E-state index contributed by atoms with van der Waals surface area (Å²) in [7, 11) is 0. The maximum atomic E-state index is 12.8. The molecule has 0 saturated carbocycles. The standard InChI is InChI=1S/C22H26N4O/c1-15(2)26-20-13-23-10-8-19(20)24-22(26)18-9-11-25(14-18)21(27)12-17-7-5-4-6-16(17)3/h4-8,10,13,15,18H,9,11-12,14H2,1-3H3/t18-/m0/s1. The Morgan fingerprint density at radius 2 is 2.07 bits per heavy atom. The Bertz CT molecular complexity index is 975. The summed E-state index contributed by atoms with van der Waals surface area (Å²) >= 11 is 0. The molecule has 0 radical (unpaired) electrons. The SMILES string of the molecule is Cc1ccccc1CC(=O)N1CC[C@H](c2nc3ccncc3n2C(C)C)C1. The summed E-state index contributed by atoms with van der Waals surface area (Å²) in [5.74, 6) is 1.57. The van der Waals surface area contributed by atoms with Crippen LogP contribution in [0, 0.1) is 6.92 Å². The van der Waals surface area contributed by atoms with Gasteiger partial charge in [-0.1, -0.05) is 24.3 Å². The van der Waals surface area contributed by atoms with Crippen LogP contribution in [-0.4, -0.2) is 38.4 Å². The van der Waals surface area contributed by atoms with Gasteiger partial charge in [0.25, 0.3) is 0 Å². The lowest BCUT2D eigenvalue weighted by Gasteiger charge is -2.19. The van der Waals surface area contributed by atoms with Gasteiger partial charge in [-0.2, -0.15) is 0 Å². The van der Waals surface area contributed by atoms with Crippen LogP contribution in [-0.2, 0) is 11.2 Å². The number of pyridine rings is 1. The molecule has 5 nitrogen and oxygen atoms in total. The van der Waals surface area contributed by atoms with Gasteiger partial charge in [-0.3, -0.25) is 9.78 Å². The monoisotopic (exact) mass is 362 g/mol. The highest BCUT2D eigenvalue weighted by Crippen LogP contribution is 2.31. The Labute approximate surface area is 160 Å². The Morgan fingerprint density at radius 3 is 2.85 bits per heavy atom. The van der Waals surface area contributed by atoms with E-state index in [2.05, 4.69) is 36.4 Å². The van der Waals surface area contributed by atoms with E-state index in [1.165, 1.54) is 5.56 Å². The smallest absolute Gasteiger partial charge is 0.227 e. The van der Waals surface area contributed by atoms with Crippen molar-refractivity contribution in [3.8, 4) is 0 Å². The number of carbonyl (C=O) groups is 1. The maximum Gasteiger partial charge on any atom is 0.227 e. The summed E-state index contributed by atoms with van der Waals surface area (Å²) in [4.78, 5) is 24.0. The Balaban J connectivity index is 1.55. The molecule has 1 amide bonds. The third-order valence-electron chi connectivity index (χ3n) is 5.54. The van der Waals surface area contributed by atoms with Crippen molar-refractivity contribution in [3.05, 3.63) is 59.7 Å². The first-order valence-electron chi connectivity index (χ1n) is 9.68. The number of aryl methyl sites for hydroxylation is 1. The van der Waals surface area contributed by atoms with Crippen LogP contribution >= 0.6 is 0 Å². The van der Waals surface area contributed by atoms with E-state index in [0.29, 0.717) is 12.5 Å². The van der Waals surface area contributed by atoms with E-state index in [1.54, 1.807) is 6.20 Å². The van der Waals surface area contributed by atoms with Crippen molar-refractivity contribution in [1.29, 1.82) is 0 Å². The number of nitrogens with zero attached hydrogens (tertiary/aromatic N) is 4. The maximum absolute atomic E-state index is 12.8. The van der Waals surface area contributed by atoms with Gasteiger partial charge in [-0.25, -0.2) is 4.98 Å². The Hall–Kier alpha value is -2.69. The van der Waals surface area contributed by atoms with Crippen molar-refractivity contribution in [2.75, 3.05) is 13.1 Å². The van der Waals surface area contributed by atoms with E-state index >= 15 is 0 Å². The third-order valence-corrected chi connectivity index (χ3v) is 5.54. The number of carbonyl (C=O) groups excluding carboxylic acids is 1. The van der Waals surface area contributed by atoms with Gasteiger partial charge in [0.15, 0.2) is 0 Å². The minimum atomic E-state index is 0.209. The largest absolute Gasteiger partial charge is 0.342 e. The van der Waals surface area contributed by atoms with Crippen molar-refractivity contribution >= 4 is 16.9 Å². The summed E-state index contributed by atoms with van der Waals surface area (Å²) in [6, 6.07) is 10.4. The van der Waals surface area contributed by atoms with E-state index in [1.807, 2.05) is 35.4 Å². The highest BCUT2D eigenvalue weighted by atomic mass is 16.2. The van der Waals surface area contributed by atoms with Gasteiger partial charge in [0.1, 0.15) is 5.82 Å². The fourth-order valence-electron chi connectivity index (χ4n) is 4.07. The molecule has 0 unspecified atom stereocenters. The van der Waals surface area contributed by atoms with E-state index in [0.717, 1.165) is 41.9 Å². The molecule has 3 aromatic rings. The molecule has 0 bridgehead atoms. The van der Waals surface area contributed by atoms with Crippen LogP contribution in [0.5, 0.6) is 0 Å². The van der Waals surface area contributed by atoms with Gasteiger partial charge in [-0.15, -0.1) is 0 Å². The van der Waals surface area contributed by atoms with Crippen molar-refractivity contribution in [2.24, 2.45) is 0 Å². The molecule has 1 aliphatic rings. The molecular weight excluding hydrogens is 336 g/mol. The Morgan fingerprint density at radius 1 is 1.26 bits per heavy atom. The molecule has 0 spiro atoms. The van der Waals surface area contributed by atoms with Gasteiger partial charge in [0, 0.05) is 31.2 Å². The summed E-state index contributed by atoms with van der Waals surface area (Å²) in [5, 5.41) is 0. The van der Waals surface area contributed by atoms with Crippen molar-refractivity contribution < 1.29 is 4.79 Å². The molecule has 0 N–H and O–H groups in total. The predicted octanol–water partition coefficient (Wildman–Crippen LogP) is 3.88. The second-order valence-corrected chi connectivity index (χ2v) is 7.73. The fourth-order valence-corrected chi connectivity index (χ4v) is 4.07. The normalized spacial score (nSPS) is 17.2. The van der Waals surface area contributed by atoms with Gasteiger partial charge in [-0.05, 0) is 44.4 Å². The molecular formula is C22H26N4O. The predicted molar refractivity (Wildman–Crippen MR) is 107 cm³/mol. The van der Waals surface area contributed by atoms with Crippen LogP contribution in [0.4, 0.5) is 0 Å². The lowest BCUT2D eigenvalue weighted by atomic mass is 10.1. The average Bonchev–Trinajstić information content (AvgIpc) is 3.28. The number of rotatable bonds is 4. The van der Waals surface area contributed by atoms with E-state index in [9.17, 15) is 4.79 Å². The first-order chi connectivity index (χ1) is 13.0. The first kappa shape index (κ1) is 17.7. The molecule has 140 valence electrons. The molecule has 1 saturated heterocycles. The van der Waals surface area contributed by atoms with Crippen LogP contribution in [0.15, 0.2) is 42.7 Å². The number of aromatic nitrogens is 3. The molecule has 1 atom stereocenters. The van der Waals surface area contributed by atoms with E-state index in [4.69, 9.17) is 4.98 Å². The number of benzene rings is 1. The fraction of sp³-hybridized carbons (Fsp3) is 0.409. The third kappa shape index (κ3) is 3.34.